The van der Waals surface area contributed by atoms with Gasteiger partial charge in [-0.3, -0.25) is 9.59 Å². The van der Waals surface area contributed by atoms with Gasteiger partial charge in [0, 0.05) is 4.88 Å². The van der Waals surface area contributed by atoms with Gasteiger partial charge in [0.1, 0.15) is 5.57 Å². The molecule has 0 fully saturated rings. The van der Waals surface area contributed by atoms with Crippen molar-refractivity contribution < 1.29 is 24.2 Å². The second-order valence-corrected chi connectivity index (χ2v) is 6.63. The molecule has 0 unspecified atom stereocenters. The van der Waals surface area contributed by atoms with E-state index in [2.05, 4.69) is 0 Å². The topological polar surface area (TPSA) is 83.9 Å². The first-order valence-electron chi connectivity index (χ1n) is 8.17. The van der Waals surface area contributed by atoms with Gasteiger partial charge >= 0.3 is 11.9 Å². The number of aliphatic hydroxyl groups excluding tert-OH is 1. The molecule has 3 rings (SSSR count). The highest BCUT2D eigenvalue weighted by atomic mass is 32.1. The molecule has 1 N–H and O–H groups in total. The van der Waals surface area contributed by atoms with Crippen LogP contribution in [0.15, 0.2) is 47.5 Å². The van der Waals surface area contributed by atoms with Crippen LogP contribution in [-0.4, -0.2) is 29.5 Å². The van der Waals surface area contributed by atoms with Crippen molar-refractivity contribution in [3.63, 3.8) is 0 Å². The molecule has 0 radical (unpaired) electrons. The SMILES string of the molecule is CCCCOC(=O)c1cccc(N2C(=O)C(O)=C(c3cccs3)C2=O)c1. The maximum Gasteiger partial charge on any atom is 0.338 e. The molecule has 0 atom stereocenters. The largest absolute Gasteiger partial charge is 0.502 e. The van der Waals surface area contributed by atoms with E-state index in [1.807, 2.05) is 6.92 Å². The molecule has 0 spiro atoms. The minimum atomic E-state index is -0.810. The third kappa shape index (κ3) is 3.25. The highest BCUT2D eigenvalue weighted by Crippen LogP contribution is 2.34. The Bertz CT molecular complexity index is 885. The minimum absolute atomic E-state index is 0.0269. The van der Waals surface area contributed by atoms with E-state index >= 15 is 0 Å². The van der Waals surface area contributed by atoms with Gasteiger partial charge in [0.05, 0.1) is 17.9 Å². The Balaban J connectivity index is 1.86. The van der Waals surface area contributed by atoms with E-state index in [1.165, 1.54) is 23.5 Å². The van der Waals surface area contributed by atoms with E-state index in [1.54, 1.807) is 29.6 Å². The molecule has 2 heterocycles. The summed E-state index contributed by atoms with van der Waals surface area (Å²) in [7, 11) is 0. The number of ether oxygens (including phenoxy) is 1. The first-order chi connectivity index (χ1) is 12.5. The third-order valence-electron chi connectivity index (χ3n) is 3.90. The lowest BCUT2D eigenvalue weighted by Crippen LogP contribution is -2.31. The van der Waals surface area contributed by atoms with Crippen molar-refractivity contribution in [3.8, 4) is 0 Å². The summed E-state index contributed by atoms with van der Waals surface area (Å²) in [6.45, 7) is 2.30. The van der Waals surface area contributed by atoms with Crippen molar-refractivity contribution in [2.75, 3.05) is 11.5 Å². The molecule has 6 nitrogen and oxygen atoms in total. The van der Waals surface area contributed by atoms with Crippen LogP contribution >= 0.6 is 11.3 Å². The summed E-state index contributed by atoms with van der Waals surface area (Å²) >= 11 is 1.25. The summed E-state index contributed by atoms with van der Waals surface area (Å²) in [5.74, 6) is -2.54. The Labute approximate surface area is 154 Å². The molecule has 1 aromatic carbocycles. The summed E-state index contributed by atoms with van der Waals surface area (Å²) in [5, 5.41) is 11.9. The van der Waals surface area contributed by atoms with E-state index in [4.69, 9.17) is 4.74 Å². The maximum absolute atomic E-state index is 12.7. The van der Waals surface area contributed by atoms with Crippen LogP contribution < -0.4 is 4.90 Å². The van der Waals surface area contributed by atoms with E-state index in [0.717, 1.165) is 17.7 Å². The van der Waals surface area contributed by atoms with Gasteiger partial charge in [0.2, 0.25) is 0 Å². The molecule has 7 heteroatoms. The summed E-state index contributed by atoms with van der Waals surface area (Å²) in [6, 6.07) is 9.45. The number of amides is 2. The molecule has 1 aliphatic rings. The minimum Gasteiger partial charge on any atom is -0.502 e. The molecule has 0 bridgehead atoms. The number of imide groups is 1. The molecular formula is C19H17NO5S. The first-order valence-corrected chi connectivity index (χ1v) is 9.05. The Morgan fingerprint density at radius 2 is 2.00 bits per heavy atom. The highest BCUT2D eigenvalue weighted by Gasteiger charge is 2.40. The number of aliphatic hydroxyl groups is 1. The predicted molar refractivity (Wildman–Crippen MR) is 98.0 cm³/mol. The van der Waals surface area contributed by atoms with Gasteiger partial charge in [0.25, 0.3) is 5.91 Å². The molecule has 0 saturated carbocycles. The Hall–Kier alpha value is -2.93. The number of thiophene rings is 1. The third-order valence-corrected chi connectivity index (χ3v) is 4.79. The second kappa shape index (κ2) is 7.53. The summed E-state index contributed by atoms with van der Waals surface area (Å²) in [6.07, 6.45) is 1.66. The fourth-order valence-electron chi connectivity index (χ4n) is 2.56. The zero-order chi connectivity index (χ0) is 18.7. The fraction of sp³-hybridized carbons (Fsp3) is 0.211. The average Bonchev–Trinajstić information content (AvgIpc) is 3.23. The average molecular weight is 371 g/mol. The molecule has 2 aromatic rings. The number of rotatable bonds is 6. The lowest BCUT2D eigenvalue weighted by Gasteiger charge is -2.15. The van der Waals surface area contributed by atoms with Crippen LogP contribution in [0, 0.1) is 0 Å². The van der Waals surface area contributed by atoms with E-state index in [0.29, 0.717) is 11.5 Å². The molecule has 1 aromatic heterocycles. The van der Waals surface area contributed by atoms with Gasteiger partial charge in [-0.2, -0.15) is 0 Å². The smallest absolute Gasteiger partial charge is 0.338 e. The van der Waals surface area contributed by atoms with Gasteiger partial charge in [-0.05, 0) is 36.1 Å². The molecule has 1 aliphatic heterocycles. The lowest BCUT2D eigenvalue weighted by molar-refractivity contribution is -0.121. The van der Waals surface area contributed by atoms with Gasteiger partial charge < -0.3 is 9.84 Å². The number of unbranched alkanes of at least 4 members (excludes halogenated alkanes) is 1. The molecule has 26 heavy (non-hydrogen) atoms. The molecule has 134 valence electrons. The quantitative estimate of drug-likeness (QED) is 0.477. The van der Waals surface area contributed by atoms with Crippen LogP contribution in [0.1, 0.15) is 35.0 Å². The van der Waals surface area contributed by atoms with Gasteiger partial charge in [-0.25, -0.2) is 9.69 Å². The van der Waals surface area contributed by atoms with Crippen LogP contribution in [0.5, 0.6) is 0 Å². The molecule has 0 saturated heterocycles. The summed E-state index contributed by atoms with van der Waals surface area (Å²) in [4.78, 5) is 38.6. The van der Waals surface area contributed by atoms with Crippen LogP contribution in [0.4, 0.5) is 5.69 Å². The number of benzene rings is 1. The predicted octanol–water partition coefficient (Wildman–Crippen LogP) is 3.55. The Morgan fingerprint density at radius 1 is 1.19 bits per heavy atom. The van der Waals surface area contributed by atoms with Crippen molar-refractivity contribution in [1.82, 2.24) is 0 Å². The van der Waals surface area contributed by atoms with Gasteiger partial charge in [-0.1, -0.05) is 25.5 Å². The lowest BCUT2D eigenvalue weighted by atomic mass is 10.2. The second-order valence-electron chi connectivity index (χ2n) is 5.69. The van der Waals surface area contributed by atoms with Crippen LogP contribution in [0.2, 0.25) is 0 Å². The number of hydrogen-bond donors (Lipinski definition) is 1. The van der Waals surface area contributed by atoms with Crippen LogP contribution in [-0.2, 0) is 14.3 Å². The monoisotopic (exact) mass is 371 g/mol. The number of anilines is 1. The summed E-state index contributed by atoms with van der Waals surface area (Å²) < 4.78 is 5.16. The number of carbonyl (C=O) groups is 3. The normalized spacial score (nSPS) is 14.3. The van der Waals surface area contributed by atoms with Crippen molar-refractivity contribution in [2.24, 2.45) is 0 Å². The fourth-order valence-corrected chi connectivity index (χ4v) is 3.32. The van der Waals surface area contributed by atoms with Crippen LogP contribution in [0.25, 0.3) is 5.57 Å². The standard InChI is InChI=1S/C19H17NO5S/c1-2-3-9-25-19(24)12-6-4-7-13(11-12)20-17(22)15(16(21)18(20)23)14-8-5-10-26-14/h4-8,10-11,21H,2-3,9H2,1H3. The van der Waals surface area contributed by atoms with E-state index in [-0.39, 0.29) is 16.8 Å². The maximum atomic E-state index is 12.7. The number of nitrogens with zero attached hydrogens (tertiary/aromatic N) is 1. The Kier molecular flexibility index (Phi) is 5.18. The van der Waals surface area contributed by atoms with Crippen molar-refractivity contribution in [1.29, 1.82) is 0 Å². The highest BCUT2D eigenvalue weighted by molar-refractivity contribution is 7.11. The van der Waals surface area contributed by atoms with E-state index in [9.17, 15) is 19.5 Å². The van der Waals surface area contributed by atoms with E-state index < -0.39 is 23.5 Å². The number of hydrogen-bond acceptors (Lipinski definition) is 6. The Morgan fingerprint density at radius 3 is 2.69 bits per heavy atom. The van der Waals surface area contributed by atoms with Crippen molar-refractivity contribution in [2.45, 2.75) is 19.8 Å². The number of esters is 1. The van der Waals surface area contributed by atoms with Crippen molar-refractivity contribution in [3.05, 3.63) is 58.0 Å². The number of carbonyl (C=O) groups excluding carboxylic acids is 3. The zero-order valence-corrected chi connectivity index (χ0v) is 14.9. The van der Waals surface area contributed by atoms with Gasteiger partial charge in [0.15, 0.2) is 5.76 Å². The first kappa shape index (κ1) is 17.9. The van der Waals surface area contributed by atoms with Crippen LogP contribution in [0.3, 0.4) is 0 Å². The summed E-state index contributed by atoms with van der Waals surface area (Å²) in [5.41, 5.74) is 0.423. The zero-order valence-electron chi connectivity index (χ0n) is 14.1. The molecule has 0 aliphatic carbocycles. The molecular weight excluding hydrogens is 354 g/mol. The molecule has 2 amide bonds. The van der Waals surface area contributed by atoms with Crippen molar-refractivity contribution >= 4 is 40.4 Å². The van der Waals surface area contributed by atoms with Gasteiger partial charge in [-0.15, -0.1) is 11.3 Å².